The van der Waals surface area contributed by atoms with Gasteiger partial charge in [-0.05, 0) is 128 Å². The molecule has 5 aliphatic rings. The first-order chi connectivity index (χ1) is 20.2. The van der Waals surface area contributed by atoms with E-state index in [-0.39, 0.29) is 5.41 Å². The van der Waals surface area contributed by atoms with Gasteiger partial charge in [0.05, 0.1) is 0 Å². The van der Waals surface area contributed by atoms with Crippen molar-refractivity contribution in [2.75, 3.05) is 0 Å². The highest BCUT2D eigenvalue weighted by molar-refractivity contribution is 6.46. The fourth-order valence-corrected chi connectivity index (χ4v) is 10.6. The zero-order valence-corrected chi connectivity index (χ0v) is 23.2. The molecule has 4 saturated carbocycles. The van der Waals surface area contributed by atoms with Gasteiger partial charge in [-0.1, -0.05) is 103 Å². The Morgan fingerprint density at radius 3 is 1.76 bits per heavy atom. The molecule has 4 fully saturated rings. The molecule has 0 aromatic heterocycles. The minimum absolute atomic E-state index is 0.119. The highest BCUT2D eigenvalue weighted by Crippen LogP contribution is 2.70. The molecule has 4 bridgehead atoms. The maximum atomic E-state index is 6.79. The highest BCUT2D eigenvalue weighted by Gasteiger charge is 2.62. The Hall–Kier alpha value is -3.84. The van der Waals surface area contributed by atoms with Crippen LogP contribution in [0, 0.1) is 23.7 Å². The van der Waals surface area contributed by atoms with E-state index in [4.69, 9.17) is 7.85 Å². The molecule has 1 spiro atoms. The van der Waals surface area contributed by atoms with Gasteiger partial charge in [0.2, 0.25) is 0 Å². The van der Waals surface area contributed by atoms with Gasteiger partial charge in [-0.15, -0.1) is 0 Å². The van der Waals surface area contributed by atoms with E-state index in [1.165, 1.54) is 75.9 Å². The van der Waals surface area contributed by atoms with Crippen molar-refractivity contribution in [3.63, 3.8) is 0 Å². The lowest BCUT2D eigenvalue weighted by Crippen LogP contribution is -2.55. The Balaban J connectivity index is 1.31. The van der Waals surface area contributed by atoms with Crippen molar-refractivity contribution in [3.8, 4) is 22.3 Å². The number of fused-ring (bicyclic) bond motifs is 7. The number of benzene rings is 6. The second-order valence-electron chi connectivity index (χ2n) is 13.5. The lowest BCUT2D eigenvalue weighted by atomic mass is 9.43. The molecule has 41 heavy (non-hydrogen) atoms. The van der Waals surface area contributed by atoms with Gasteiger partial charge in [0.1, 0.15) is 7.85 Å². The molecule has 6 aromatic rings. The van der Waals surface area contributed by atoms with Gasteiger partial charge in [0, 0.05) is 5.41 Å². The largest absolute Gasteiger partial charge is 0.115 e. The van der Waals surface area contributed by atoms with E-state index in [1.54, 1.807) is 11.1 Å². The third-order valence-corrected chi connectivity index (χ3v) is 11.8. The summed E-state index contributed by atoms with van der Waals surface area (Å²) in [5, 5.41) is 7.69. The molecule has 0 nitrogen and oxygen atoms in total. The Morgan fingerprint density at radius 2 is 1.10 bits per heavy atom. The standard InChI is InChI=1S/C40H31B/c41-39-34-11-5-3-9-31(34)37(32-10-4-6-12-35(32)39)26-14-15-30-33-16-13-25-7-1-2-8-29(25)38(33)40(36(30)22-26)27-18-23-17-24(20-27)21-28(40)19-23/h1-16,22-24,27-28H,17-21H2. The van der Waals surface area contributed by atoms with Gasteiger partial charge in [-0.2, -0.15) is 0 Å². The van der Waals surface area contributed by atoms with Crippen LogP contribution in [0.25, 0.3) is 54.6 Å². The Kier molecular flexibility index (Phi) is 4.40. The summed E-state index contributed by atoms with van der Waals surface area (Å²) in [6, 6.07) is 39.0. The molecule has 6 aromatic carbocycles. The molecule has 2 radical (unpaired) electrons. The van der Waals surface area contributed by atoms with Crippen LogP contribution in [0.5, 0.6) is 0 Å². The predicted octanol–water partition coefficient (Wildman–Crippen LogP) is 9.33. The topological polar surface area (TPSA) is 0 Å². The minimum atomic E-state index is 0.119. The van der Waals surface area contributed by atoms with E-state index in [9.17, 15) is 0 Å². The number of rotatable bonds is 1. The number of hydrogen-bond donors (Lipinski definition) is 0. The summed E-state index contributed by atoms with van der Waals surface area (Å²) in [6.45, 7) is 0. The third-order valence-electron chi connectivity index (χ3n) is 11.8. The van der Waals surface area contributed by atoms with Crippen LogP contribution in [0.15, 0.2) is 103 Å². The van der Waals surface area contributed by atoms with Crippen LogP contribution in [0.1, 0.15) is 43.2 Å². The number of hydrogen-bond acceptors (Lipinski definition) is 0. The molecule has 0 heterocycles. The zero-order valence-electron chi connectivity index (χ0n) is 23.2. The van der Waals surface area contributed by atoms with E-state index in [0.717, 1.165) is 39.9 Å². The summed E-state index contributed by atoms with van der Waals surface area (Å²) >= 11 is 0. The first-order valence-corrected chi connectivity index (χ1v) is 15.6. The summed E-state index contributed by atoms with van der Waals surface area (Å²) < 4.78 is 0. The van der Waals surface area contributed by atoms with Crippen molar-refractivity contribution >= 4 is 45.6 Å². The highest BCUT2D eigenvalue weighted by atomic mass is 14.6. The molecule has 11 rings (SSSR count). The van der Waals surface area contributed by atoms with Crippen LogP contribution in [0.2, 0.25) is 0 Å². The van der Waals surface area contributed by atoms with Crippen LogP contribution in [0.4, 0.5) is 0 Å². The second-order valence-corrected chi connectivity index (χ2v) is 13.5. The van der Waals surface area contributed by atoms with Crippen LogP contribution in [-0.2, 0) is 5.41 Å². The summed E-state index contributed by atoms with van der Waals surface area (Å²) in [5.41, 5.74) is 9.90. The van der Waals surface area contributed by atoms with Crippen LogP contribution < -0.4 is 5.46 Å². The predicted molar refractivity (Wildman–Crippen MR) is 173 cm³/mol. The molecule has 194 valence electrons. The molecule has 0 amide bonds. The molecule has 1 heteroatoms. The van der Waals surface area contributed by atoms with Gasteiger partial charge < -0.3 is 0 Å². The van der Waals surface area contributed by atoms with Crippen molar-refractivity contribution in [2.45, 2.75) is 37.5 Å². The van der Waals surface area contributed by atoms with Crippen molar-refractivity contribution < 1.29 is 0 Å². The van der Waals surface area contributed by atoms with Gasteiger partial charge in [-0.25, -0.2) is 0 Å². The van der Waals surface area contributed by atoms with Crippen molar-refractivity contribution in [2.24, 2.45) is 23.7 Å². The third kappa shape index (κ3) is 2.78. The molecular weight excluding hydrogens is 491 g/mol. The molecule has 5 aliphatic carbocycles. The summed E-state index contributed by atoms with van der Waals surface area (Å²) in [6.07, 6.45) is 7.06. The summed E-state index contributed by atoms with van der Waals surface area (Å²) in [7, 11) is 6.79. The minimum Gasteiger partial charge on any atom is -0.0812 e. The molecule has 0 unspecified atom stereocenters. The molecule has 0 aliphatic heterocycles. The van der Waals surface area contributed by atoms with Gasteiger partial charge in [-0.3, -0.25) is 0 Å². The fourth-order valence-electron chi connectivity index (χ4n) is 10.6. The Morgan fingerprint density at radius 1 is 0.537 bits per heavy atom. The summed E-state index contributed by atoms with van der Waals surface area (Å²) in [5.74, 6) is 3.33. The smallest absolute Gasteiger partial charge is 0.0812 e. The lowest BCUT2D eigenvalue weighted by molar-refractivity contribution is -0.0393. The molecule has 0 saturated heterocycles. The van der Waals surface area contributed by atoms with Gasteiger partial charge >= 0.3 is 0 Å². The zero-order chi connectivity index (χ0) is 26.9. The fraction of sp³-hybridized carbons (Fsp3) is 0.250. The van der Waals surface area contributed by atoms with Crippen molar-refractivity contribution in [3.05, 3.63) is 114 Å². The Bertz CT molecular complexity index is 2000. The van der Waals surface area contributed by atoms with E-state index in [0.29, 0.717) is 0 Å². The molecular formula is C40H31B. The van der Waals surface area contributed by atoms with Gasteiger partial charge in [0.15, 0.2) is 0 Å². The van der Waals surface area contributed by atoms with E-state index >= 15 is 0 Å². The quantitative estimate of drug-likeness (QED) is 0.149. The van der Waals surface area contributed by atoms with Crippen molar-refractivity contribution in [1.29, 1.82) is 0 Å². The molecule has 0 N–H and O–H groups in total. The average Bonchev–Trinajstić information content (AvgIpc) is 3.30. The first-order valence-electron chi connectivity index (χ1n) is 15.6. The monoisotopic (exact) mass is 522 g/mol. The van der Waals surface area contributed by atoms with Crippen molar-refractivity contribution in [1.82, 2.24) is 0 Å². The SMILES string of the molecule is [B]c1c2ccccc2c(-c2ccc3c(c2)C2(c4c-3ccc3ccccc43)C3CC4CC(C3)CC2C4)c2ccccc12. The molecule has 0 atom stereocenters. The second kappa shape index (κ2) is 7.92. The van der Waals surface area contributed by atoms with Crippen LogP contribution in [0.3, 0.4) is 0 Å². The first kappa shape index (κ1) is 22.8. The van der Waals surface area contributed by atoms with E-state index in [1.807, 2.05) is 0 Å². The Labute approximate surface area is 242 Å². The van der Waals surface area contributed by atoms with E-state index < -0.39 is 0 Å². The van der Waals surface area contributed by atoms with Crippen LogP contribution >= 0.6 is 0 Å². The maximum absolute atomic E-state index is 6.79. The maximum Gasteiger partial charge on any atom is 0.115 e. The normalized spacial score (nSPS) is 27.2. The average molecular weight is 523 g/mol. The summed E-state index contributed by atoms with van der Waals surface area (Å²) in [4.78, 5) is 0. The van der Waals surface area contributed by atoms with E-state index in [2.05, 4.69) is 103 Å². The van der Waals surface area contributed by atoms with Gasteiger partial charge in [0.25, 0.3) is 0 Å². The lowest BCUT2D eigenvalue weighted by Gasteiger charge is -2.61. The van der Waals surface area contributed by atoms with Crippen LogP contribution in [-0.4, -0.2) is 7.85 Å².